The van der Waals surface area contributed by atoms with Gasteiger partial charge in [-0.3, -0.25) is 4.90 Å². The molecule has 0 saturated carbocycles. The van der Waals surface area contributed by atoms with Crippen LogP contribution in [-0.2, 0) is 9.53 Å². The van der Waals surface area contributed by atoms with Crippen LogP contribution in [0, 0.1) is 0 Å². The predicted molar refractivity (Wildman–Crippen MR) is 109 cm³/mol. The number of ether oxygens (including phenoxy) is 1. The maximum Gasteiger partial charge on any atom is 0.410 e. The van der Waals surface area contributed by atoms with Gasteiger partial charge in [-0.2, -0.15) is 0 Å². The molecule has 8 nitrogen and oxygen atoms in total. The van der Waals surface area contributed by atoms with Crippen LogP contribution in [0.2, 0.25) is 0 Å². The topological polar surface area (TPSA) is 90.4 Å². The fourth-order valence-corrected chi connectivity index (χ4v) is 3.48. The molecule has 2 aliphatic heterocycles. The predicted octanol–water partition coefficient (Wildman–Crippen LogP) is 3.04. The summed E-state index contributed by atoms with van der Waals surface area (Å²) in [4.78, 5) is 41.3. The Morgan fingerprint density at radius 2 is 1.79 bits per heavy atom. The number of carboxylic acid groups (broad SMARTS) is 1. The number of hydrogen-bond donors (Lipinski definition) is 1. The van der Waals surface area contributed by atoms with E-state index in [0.717, 1.165) is 11.3 Å². The molecule has 0 spiro atoms. The van der Waals surface area contributed by atoms with Gasteiger partial charge in [0.05, 0.1) is 6.04 Å². The standard InChI is InChI=1S/C21H27N3O5/c1-14(18(25)26)11-15-5-7-16(8-6-15)24-13-17-12-22(9-10-23(17)19(24)27)20(28)29-21(2,3)4/h5-8,11,17H,9-10,12-13H2,1-4H3,(H,25,26)/b14-11+/t17-/m0/s1. The van der Waals surface area contributed by atoms with E-state index in [0.29, 0.717) is 26.2 Å². The van der Waals surface area contributed by atoms with E-state index in [9.17, 15) is 14.4 Å². The third kappa shape index (κ3) is 4.70. The Hall–Kier alpha value is -3.03. The van der Waals surface area contributed by atoms with Crippen molar-refractivity contribution in [2.24, 2.45) is 0 Å². The first kappa shape index (κ1) is 20.7. The van der Waals surface area contributed by atoms with E-state index in [4.69, 9.17) is 9.84 Å². The molecule has 3 rings (SSSR count). The fraction of sp³-hybridized carbons (Fsp3) is 0.476. The number of aliphatic carboxylic acids is 1. The van der Waals surface area contributed by atoms with Gasteiger partial charge in [-0.1, -0.05) is 12.1 Å². The number of hydrogen-bond acceptors (Lipinski definition) is 4. The Kier molecular flexibility index (Phi) is 5.55. The molecule has 29 heavy (non-hydrogen) atoms. The maximum absolute atomic E-state index is 12.8. The van der Waals surface area contributed by atoms with E-state index in [1.807, 2.05) is 32.9 Å². The van der Waals surface area contributed by atoms with Gasteiger partial charge in [0.15, 0.2) is 0 Å². The van der Waals surface area contributed by atoms with Gasteiger partial charge < -0.3 is 19.6 Å². The lowest BCUT2D eigenvalue weighted by Crippen LogP contribution is -2.54. The molecule has 0 aromatic heterocycles. The van der Waals surface area contributed by atoms with E-state index >= 15 is 0 Å². The van der Waals surface area contributed by atoms with Gasteiger partial charge >= 0.3 is 18.1 Å². The lowest BCUT2D eigenvalue weighted by Gasteiger charge is -2.36. The van der Waals surface area contributed by atoms with Crippen LogP contribution in [0.4, 0.5) is 15.3 Å². The Bertz CT molecular complexity index is 841. The average Bonchev–Trinajstić information content (AvgIpc) is 2.97. The van der Waals surface area contributed by atoms with Crippen LogP contribution >= 0.6 is 0 Å². The number of carbonyl (C=O) groups is 3. The monoisotopic (exact) mass is 401 g/mol. The van der Waals surface area contributed by atoms with Crippen molar-refractivity contribution in [3.8, 4) is 0 Å². The molecule has 3 amide bonds. The van der Waals surface area contributed by atoms with Gasteiger partial charge in [0, 0.05) is 37.4 Å². The second-order valence-electron chi connectivity index (χ2n) is 8.39. The minimum atomic E-state index is -0.963. The van der Waals surface area contributed by atoms with Gasteiger partial charge in [-0.15, -0.1) is 0 Å². The number of nitrogens with zero attached hydrogens (tertiary/aromatic N) is 3. The highest BCUT2D eigenvalue weighted by Crippen LogP contribution is 2.27. The van der Waals surface area contributed by atoms with Crippen LogP contribution in [0.3, 0.4) is 0 Å². The molecule has 2 saturated heterocycles. The summed E-state index contributed by atoms with van der Waals surface area (Å²) >= 11 is 0. The van der Waals surface area contributed by atoms with Crippen LogP contribution in [-0.4, -0.2) is 70.8 Å². The minimum absolute atomic E-state index is 0.0798. The summed E-state index contributed by atoms with van der Waals surface area (Å²) in [7, 11) is 0. The van der Waals surface area contributed by atoms with E-state index in [2.05, 4.69) is 0 Å². The van der Waals surface area contributed by atoms with Crippen molar-refractivity contribution in [1.29, 1.82) is 0 Å². The van der Waals surface area contributed by atoms with Crippen molar-refractivity contribution >= 4 is 29.9 Å². The molecule has 8 heteroatoms. The molecular formula is C21H27N3O5. The van der Waals surface area contributed by atoms with E-state index in [1.54, 1.807) is 32.9 Å². The first-order valence-electron chi connectivity index (χ1n) is 9.63. The highest BCUT2D eigenvalue weighted by molar-refractivity contribution is 5.95. The smallest absolute Gasteiger partial charge is 0.410 e. The Balaban J connectivity index is 1.68. The van der Waals surface area contributed by atoms with E-state index in [1.165, 1.54) is 6.92 Å². The van der Waals surface area contributed by atoms with Gasteiger partial charge in [-0.25, -0.2) is 14.4 Å². The van der Waals surface area contributed by atoms with Crippen molar-refractivity contribution in [1.82, 2.24) is 9.80 Å². The summed E-state index contributed by atoms with van der Waals surface area (Å²) in [6.45, 7) is 8.88. The number of carbonyl (C=O) groups excluding carboxylic acids is 2. The number of anilines is 1. The maximum atomic E-state index is 12.8. The summed E-state index contributed by atoms with van der Waals surface area (Å²) in [5.41, 5.74) is 1.20. The number of benzene rings is 1. The molecule has 0 radical (unpaired) electrons. The molecule has 2 aliphatic rings. The van der Waals surface area contributed by atoms with Crippen LogP contribution < -0.4 is 4.90 Å². The summed E-state index contributed by atoms with van der Waals surface area (Å²) < 4.78 is 5.45. The van der Waals surface area contributed by atoms with Crippen molar-refractivity contribution in [2.45, 2.75) is 39.3 Å². The zero-order chi connectivity index (χ0) is 21.3. The van der Waals surface area contributed by atoms with Crippen molar-refractivity contribution in [2.75, 3.05) is 31.1 Å². The number of amides is 3. The third-order valence-electron chi connectivity index (χ3n) is 4.93. The number of urea groups is 1. The average molecular weight is 401 g/mol. The quantitative estimate of drug-likeness (QED) is 0.786. The highest BCUT2D eigenvalue weighted by atomic mass is 16.6. The summed E-state index contributed by atoms with van der Waals surface area (Å²) in [5.74, 6) is -0.963. The lowest BCUT2D eigenvalue weighted by molar-refractivity contribution is -0.132. The van der Waals surface area contributed by atoms with Gasteiger partial charge in [0.25, 0.3) is 0 Å². The minimum Gasteiger partial charge on any atom is -0.478 e. The number of piperazine rings is 1. The second kappa shape index (κ2) is 7.77. The number of rotatable bonds is 3. The molecule has 1 aromatic rings. The second-order valence-corrected chi connectivity index (χ2v) is 8.39. The highest BCUT2D eigenvalue weighted by Gasteiger charge is 2.42. The molecule has 0 aliphatic carbocycles. The zero-order valence-electron chi connectivity index (χ0n) is 17.2. The molecule has 0 unspecified atom stereocenters. The van der Waals surface area contributed by atoms with Gasteiger partial charge in [0.1, 0.15) is 5.60 Å². The SMILES string of the molecule is C/C(=C\c1ccc(N2C[C@@H]3CN(C(=O)OC(C)(C)C)CCN3C2=O)cc1)C(=O)O. The lowest BCUT2D eigenvalue weighted by atomic mass is 10.1. The van der Waals surface area contributed by atoms with Crippen molar-refractivity contribution < 1.29 is 24.2 Å². The van der Waals surface area contributed by atoms with Crippen LogP contribution in [0.1, 0.15) is 33.3 Å². The summed E-state index contributed by atoms with van der Waals surface area (Å²) in [5, 5.41) is 8.98. The molecule has 0 bridgehead atoms. The van der Waals surface area contributed by atoms with Crippen LogP contribution in [0.25, 0.3) is 6.08 Å². The number of fused-ring (bicyclic) bond motifs is 1. The van der Waals surface area contributed by atoms with Crippen molar-refractivity contribution in [3.63, 3.8) is 0 Å². The molecule has 2 heterocycles. The van der Waals surface area contributed by atoms with Crippen molar-refractivity contribution in [3.05, 3.63) is 35.4 Å². The van der Waals surface area contributed by atoms with E-state index in [-0.39, 0.29) is 23.7 Å². The molecule has 1 N–H and O–H groups in total. The Morgan fingerprint density at radius 1 is 1.14 bits per heavy atom. The third-order valence-corrected chi connectivity index (χ3v) is 4.93. The molecule has 156 valence electrons. The van der Waals surface area contributed by atoms with E-state index < -0.39 is 11.6 Å². The molecular weight excluding hydrogens is 374 g/mol. The summed E-state index contributed by atoms with van der Waals surface area (Å²) in [6, 6.07) is 7.03. The number of carboxylic acids is 1. The van der Waals surface area contributed by atoms with Gasteiger partial charge in [0.2, 0.25) is 0 Å². The molecule has 2 fully saturated rings. The van der Waals surface area contributed by atoms with Crippen LogP contribution in [0.15, 0.2) is 29.8 Å². The van der Waals surface area contributed by atoms with Gasteiger partial charge in [-0.05, 0) is 51.5 Å². The largest absolute Gasteiger partial charge is 0.478 e. The molecule has 1 atom stereocenters. The zero-order valence-corrected chi connectivity index (χ0v) is 17.2. The Labute approximate surface area is 170 Å². The fourth-order valence-electron chi connectivity index (χ4n) is 3.48. The van der Waals surface area contributed by atoms with Crippen LogP contribution in [0.5, 0.6) is 0 Å². The first-order chi connectivity index (χ1) is 13.5. The normalized spacial score (nSPS) is 20.0. The first-order valence-corrected chi connectivity index (χ1v) is 9.63. The Morgan fingerprint density at radius 3 is 2.38 bits per heavy atom. The summed E-state index contributed by atoms with van der Waals surface area (Å²) in [6.07, 6.45) is 1.23. The molecule has 1 aromatic carbocycles.